The first-order valence-corrected chi connectivity index (χ1v) is 6.57. The van der Waals surface area contributed by atoms with E-state index in [9.17, 15) is 18.0 Å². The van der Waals surface area contributed by atoms with Crippen LogP contribution in [0.3, 0.4) is 0 Å². The second-order valence-corrected chi connectivity index (χ2v) is 4.96. The molecule has 1 atom stereocenters. The van der Waals surface area contributed by atoms with Crippen molar-refractivity contribution in [2.24, 2.45) is 5.92 Å². The molecule has 112 valence electrons. The zero-order valence-electron chi connectivity index (χ0n) is 11.5. The number of benzene rings is 1. The molecule has 2 nitrogen and oxygen atoms in total. The van der Waals surface area contributed by atoms with Gasteiger partial charge in [-0.05, 0) is 12.0 Å². The van der Waals surface area contributed by atoms with Crippen molar-refractivity contribution in [1.29, 1.82) is 0 Å². The molecular formula is C16H15F3O2. The van der Waals surface area contributed by atoms with Gasteiger partial charge < -0.3 is 4.74 Å². The molecule has 1 aromatic carbocycles. The van der Waals surface area contributed by atoms with E-state index in [0.29, 0.717) is 17.6 Å². The highest BCUT2D eigenvalue weighted by Crippen LogP contribution is 2.29. The molecule has 0 aromatic heterocycles. The quantitative estimate of drug-likeness (QED) is 0.774. The zero-order valence-corrected chi connectivity index (χ0v) is 11.5. The summed E-state index contributed by atoms with van der Waals surface area (Å²) in [7, 11) is 0. The Morgan fingerprint density at radius 2 is 1.90 bits per heavy atom. The Balaban J connectivity index is 2.10. The minimum atomic E-state index is -4.35. The lowest BCUT2D eigenvalue weighted by atomic mass is 9.87. The molecule has 2 rings (SSSR count). The van der Waals surface area contributed by atoms with Crippen molar-refractivity contribution in [3.8, 4) is 0 Å². The molecule has 0 saturated heterocycles. The third kappa shape index (κ3) is 4.21. The van der Waals surface area contributed by atoms with Gasteiger partial charge in [0.25, 0.3) is 0 Å². The van der Waals surface area contributed by atoms with Crippen LogP contribution >= 0.6 is 0 Å². The summed E-state index contributed by atoms with van der Waals surface area (Å²) < 4.78 is 41.1. The fourth-order valence-electron chi connectivity index (χ4n) is 2.16. The van der Waals surface area contributed by atoms with E-state index < -0.39 is 12.8 Å². The summed E-state index contributed by atoms with van der Waals surface area (Å²) in [5, 5.41) is 0. The number of hydrogen-bond donors (Lipinski definition) is 0. The number of halogens is 3. The number of carbonyl (C=O) groups is 1. The smallest absolute Gasteiger partial charge is 0.422 e. The predicted molar refractivity (Wildman–Crippen MR) is 72.7 cm³/mol. The maximum absolute atomic E-state index is 12.3. The van der Waals surface area contributed by atoms with Crippen LogP contribution in [0.1, 0.15) is 23.7 Å². The average molecular weight is 296 g/mol. The van der Waals surface area contributed by atoms with Crippen LogP contribution in [0.4, 0.5) is 13.2 Å². The fourth-order valence-corrected chi connectivity index (χ4v) is 2.16. The minimum Gasteiger partial charge on any atom is -0.488 e. The van der Waals surface area contributed by atoms with Crippen molar-refractivity contribution in [3.63, 3.8) is 0 Å². The average Bonchev–Trinajstić information content (AvgIpc) is 2.45. The van der Waals surface area contributed by atoms with Crippen LogP contribution in [-0.4, -0.2) is 18.6 Å². The number of hydrogen-bond acceptors (Lipinski definition) is 2. The Morgan fingerprint density at radius 1 is 1.24 bits per heavy atom. The van der Waals surface area contributed by atoms with Crippen LogP contribution in [0, 0.1) is 5.92 Å². The summed E-state index contributed by atoms with van der Waals surface area (Å²) in [6, 6.07) is 8.80. The molecule has 1 unspecified atom stereocenters. The SMILES string of the molecule is CC1CC(OCC(F)(F)F)=CC=C1C(=O)c1ccccc1. The molecule has 1 aliphatic carbocycles. The van der Waals surface area contributed by atoms with Gasteiger partial charge >= 0.3 is 6.18 Å². The third-order valence-corrected chi connectivity index (χ3v) is 3.21. The molecule has 0 fully saturated rings. The van der Waals surface area contributed by atoms with Crippen molar-refractivity contribution in [1.82, 2.24) is 0 Å². The van der Waals surface area contributed by atoms with Crippen molar-refractivity contribution >= 4 is 5.78 Å². The van der Waals surface area contributed by atoms with E-state index in [-0.39, 0.29) is 17.5 Å². The van der Waals surface area contributed by atoms with E-state index in [1.54, 1.807) is 37.3 Å². The molecule has 1 aliphatic rings. The topological polar surface area (TPSA) is 26.3 Å². The van der Waals surface area contributed by atoms with E-state index in [1.807, 2.05) is 6.07 Å². The first kappa shape index (κ1) is 15.4. The number of rotatable bonds is 4. The van der Waals surface area contributed by atoms with E-state index >= 15 is 0 Å². The molecule has 0 spiro atoms. The highest BCUT2D eigenvalue weighted by atomic mass is 19.4. The van der Waals surface area contributed by atoms with Gasteiger partial charge in [-0.2, -0.15) is 13.2 Å². The van der Waals surface area contributed by atoms with Crippen LogP contribution < -0.4 is 0 Å². The van der Waals surface area contributed by atoms with E-state index in [1.165, 1.54) is 6.08 Å². The van der Waals surface area contributed by atoms with Gasteiger partial charge in [-0.15, -0.1) is 0 Å². The second-order valence-electron chi connectivity index (χ2n) is 4.96. The van der Waals surface area contributed by atoms with Crippen LogP contribution in [0.15, 0.2) is 53.8 Å². The van der Waals surface area contributed by atoms with Gasteiger partial charge in [0, 0.05) is 17.6 Å². The van der Waals surface area contributed by atoms with Gasteiger partial charge in [0.1, 0.15) is 0 Å². The fraction of sp³-hybridized carbons (Fsp3) is 0.312. The van der Waals surface area contributed by atoms with Crippen LogP contribution in [0.25, 0.3) is 0 Å². The van der Waals surface area contributed by atoms with Gasteiger partial charge in [-0.25, -0.2) is 0 Å². The Morgan fingerprint density at radius 3 is 2.48 bits per heavy atom. The monoisotopic (exact) mass is 296 g/mol. The van der Waals surface area contributed by atoms with Crippen molar-refractivity contribution in [2.75, 3.05) is 6.61 Å². The van der Waals surface area contributed by atoms with Crippen LogP contribution in [-0.2, 0) is 4.74 Å². The van der Waals surface area contributed by atoms with E-state index in [2.05, 4.69) is 0 Å². The lowest BCUT2D eigenvalue weighted by Crippen LogP contribution is -2.20. The van der Waals surface area contributed by atoms with Crippen LogP contribution in [0.2, 0.25) is 0 Å². The first-order valence-electron chi connectivity index (χ1n) is 6.57. The van der Waals surface area contributed by atoms with Gasteiger partial charge in [-0.3, -0.25) is 4.79 Å². The molecule has 1 aromatic rings. The number of allylic oxidation sites excluding steroid dienone is 4. The lowest BCUT2D eigenvalue weighted by Gasteiger charge is -2.21. The summed E-state index contributed by atoms with van der Waals surface area (Å²) in [6.45, 7) is 0.498. The molecule has 0 radical (unpaired) electrons. The summed E-state index contributed by atoms with van der Waals surface area (Å²) >= 11 is 0. The van der Waals surface area contributed by atoms with Crippen molar-refractivity contribution < 1.29 is 22.7 Å². The predicted octanol–water partition coefficient (Wildman–Crippen LogP) is 4.30. The minimum absolute atomic E-state index is 0.103. The summed E-state index contributed by atoms with van der Waals surface area (Å²) in [6.07, 6.45) is -1.06. The third-order valence-electron chi connectivity index (χ3n) is 3.21. The molecule has 21 heavy (non-hydrogen) atoms. The maximum Gasteiger partial charge on any atom is 0.422 e. The summed E-state index contributed by atoms with van der Waals surface area (Å²) in [4.78, 5) is 12.3. The Bertz CT molecular complexity index is 571. The number of ether oxygens (including phenoxy) is 1. The maximum atomic E-state index is 12.3. The lowest BCUT2D eigenvalue weighted by molar-refractivity contribution is -0.165. The number of Topliss-reactive ketones (excluding diaryl/α,β-unsaturated/α-hetero) is 1. The number of carbonyl (C=O) groups excluding carboxylic acids is 1. The molecule has 0 heterocycles. The molecule has 0 bridgehead atoms. The van der Waals surface area contributed by atoms with Gasteiger partial charge in [0.2, 0.25) is 0 Å². The standard InChI is InChI=1S/C16H15F3O2/c1-11-9-13(21-10-16(17,18)19)7-8-14(11)15(20)12-5-3-2-4-6-12/h2-8,11H,9-10H2,1H3. The Labute approximate surface area is 120 Å². The Kier molecular flexibility index (Phi) is 4.50. The largest absolute Gasteiger partial charge is 0.488 e. The van der Waals surface area contributed by atoms with Gasteiger partial charge in [0.15, 0.2) is 12.4 Å². The molecular weight excluding hydrogens is 281 g/mol. The van der Waals surface area contributed by atoms with Gasteiger partial charge in [-0.1, -0.05) is 43.3 Å². The molecule has 0 aliphatic heterocycles. The molecule has 0 N–H and O–H groups in total. The second kappa shape index (κ2) is 6.16. The highest BCUT2D eigenvalue weighted by molar-refractivity contribution is 6.09. The van der Waals surface area contributed by atoms with Crippen LogP contribution in [0.5, 0.6) is 0 Å². The molecule has 5 heteroatoms. The highest BCUT2D eigenvalue weighted by Gasteiger charge is 2.30. The molecule has 0 amide bonds. The van der Waals surface area contributed by atoms with Crippen molar-refractivity contribution in [3.05, 3.63) is 59.4 Å². The number of alkyl halides is 3. The van der Waals surface area contributed by atoms with E-state index in [0.717, 1.165) is 0 Å². The Hall–Kier alpha value is -2.04. The molecule has 0 saturated carbocycles. The van der Waals surface area contributed by atoms with E-state index in [4.69, 9.17) is 4.74 Å². The summed E-state index contributed by atoms with van der Waals surface area (Å²) in [5.41, 5.74) is 1.16. The van der Waals surface area contributed by atoms with Gasteiger partial charge in [0.05, 0.1) is 5.76 Å². The first-order chi connectivity index (χ1) is 9.87. The normalized spacial score (nSPS) is 18.8. The van der Waals surface area contributed by atoms with Crippen molar-refractivity contribution in [2.45, 2.75) is 19.5 Å². The number of ketones is 1. The summed E-state index contributed by atoms with van der Waals surface area (Å²) in [5.74, 6) is -0.0235. The zero-order chi connectivity index (χ0) is 15.5.